The minimum atomic E-state index is -0.157. The molecule has 3 rings (SSSR count). The zero-order valence-corrected chi connectivity index (χ0v) is 13.8. The van der Waals surface area contributed by atoms with Crippen LogP contribution in [-0.2, 0) is 11.2 Å². The van der Waals surface area contributed by atoms with Crippen LogP contribution in [0, 0.1) is 0 Å². The van der Waals surface area contributed by atoms with Crippen molar-refractivity contribution in [3.05, 3.63) is 70.4 Å². The van der Waals surface area contributed by atoms with Crippen LogP contribution in [0.15, 0.2) is 63.5 Å². The molecule has 0 radical (unpaired) electrons. The van der Waals surface area contributed by atoms with Crippen molar-refractivity contribution in [2.75, 3.05) is 0 Å². The van der Waals surface area contributed by atoms with Crippen molar-refractivity contribution in [2.24, 2.45) is 0 Å². The van der Waals surface area contributed by atoms with Gasteiger partial charge in [-0.15, -0.1) is 0 Å². The van der Waals surface area contributed by atoms with Crippen LogP contribution in [0.4, 0.5) is 0 Å². The van der Waals surface area contributed by atoms with E-state index in [9.17, 15) is 4.79 Å². The van der Waals surface area contributed by atoms with Crippen molar-refractivity contribution in [2.45, 2.75) is 19.4 Å². The van der Waals surface area contributed by atoms with E-state index in [4.69, 9.17) is 4.42 Å². The molecule has 2 aromatic carbocycles. The van der Waals surface area contributed by atoms with Gasteiger partial charge in [0, 0.05) is 9.86 Å². The van der Waals surface area contributed by atoms with Gasteiger partial charge in [0.05, 0.1) is 12.5 Å². The van der Waals surface area contributed by atoms with Crippen LogP contribution in [-0.4, -0.2) is 5.91 Å². The first-order chi connectivity index (χ1) is 10.6. The molecule has 112 valence electrons. The van der Waals surface area contributed by atoms with Gasteiger partial charge < -0.3 is 9.73 Å². The summed E-state index contributed by atoms with van der Waals surface area (Å²) in [6, 6.07) is 17.4. The summed E-state index contributed by atoms with van der Waals surface area (Å²) >= 11 is 3.39. The predicted octanol–water partition coefficient (Wildman–Crippen LogP) is 4.62. The van der Waals surface area contributed by atoms with Crippen LogP contribution >= 0.6 is 15.9 Å². The van der Waals surface area contributed by atoms with Gasteiger partial charge in [0.2, 0.25) is 5.91 Å². The molecule has 22 heavy (non-hydrogen) atoms. The highest BCUT2D eigenvalue weighted by molar-refractivity contribution is 9.10. The summed E-state index contributed by atoms with van der Waals surface area (Å²) in [5.41, 5.74) is 1.82. The number of para-hydroxylation sites is 1. The molecule has 3 aromatic rings. The summed E-state index contributed by atoms with van der Waals surface area (Å²) in [6.45, 7) is 1.93. The van der Waals surface area contributed by atoms with Gasteiger partial charge in [0.25, 0.3) is 0 Å². The van der Waals surface area contributed by atoms with Crippen LogP contribution < -0.4 is 5.32 Å². The number of fused-ring (bicyclic) bond motifs is 1. The van der Waals surface area contributed by atoms with Gasteiger partial charge in [0.1, 0.15) is 11.3 Å². The molecule has 1 amide bonds. The highest BCUT2D eigenvalue weighted by Crippen LogP contribution is 2.23. The van der Waals surface area contributed by atoms with E-state index in [1.807, 2.05) is 61.5 Å². The van der Waals surface area contributed by atoms with Crippen LogP contribution in [0.5, 0.6) is 0 Å². The summed E-state index contributed by atoms with van der Waals surface area (Å²) in [6.07, 6.45) is 0.359. The van der Waals surface area contributed by atoms with Crippen molar-refractivity contribution in [3.63, 3.8) is 0 Å². The monoisotopic (exact) mass is 357 g/mol. The fraction of sp³-hybridized carbons (Fsp3) is 0.167. The molecule has 1 N–H and O–H groups in total. The largest absolute Gasteiger partial charge is 0.459 e. The Morgan fingerprint density at radius 2 is 1.91 bits per heavy atom. The number of hydrogen-bond donors (Lipinski definition) is 1. The molecule has 1 atom stereocenters. The molecule has 0 saturated heterocycles. The molecule has 1 aromatic heterocycles. The average molecular weight is 358 g/mol. The molecule has 0 bridgehead atoms. The Hall–Kier alpha value is -2.07. The number of halogens is 1. The lowest BCUT2D eigenvalue weighted by Crippen LogP contribution is -2.27. The zero-order chi connectivity index (χ0) is 15.5. The van der Waals surface area contributed by atoms with E-state index in [1.165, 1.54) is 0 Å². The van der Waals surface area contributed by atoms with Crippen LogP contribution in [0.25, 0.3) is 11.0 Å². The Kier molecular flexibility index (Phi) is 4.29. The summed E-state index contributed by atoms with van der Waals surface area (Å²) in [7, 11) is 0. The molecule has 0 fully saturated rings. The third kappa shape index (κ3) is 3.39. The zero-order valence-electron chi connectivity index (χ0n) is 12.2. The van der Waals surface area contributed by atoms with Crippen molar-refractivity contribution in [1.82, 2.24) is 5.32 Å². The first-order valence-corrected chi connectivity index (χ1v) is 7.93. The second kappa shape index (κ2) is 6.36. The van der Waals surface area contributed by atoms with Crippen LogP contribution in [0.1, 0.15) is 24.3 Å². The van der Waals surface area contributed by atoms with Crippen LogP contribution in [0.2, 0.25) is 0 Å². The molecule has 0 aliphatic rings. The minimum absolute atomic E-state index is 0.0183. The Bertz CT molecular complexity index is 759. The number of hydrogen-bond acceptors (Lipinski definition) is 2. The van der Waals surface area contributed by atoms with Gasteiger partial charge in [-0.3, -0.25) is 4.79 Å². The van der Waals surface area contributed by atoms with E-state index in [2.05, 4.69) is 21.2 Å². The average Bonchev–Trinajstić information content (AvgIpc) is 2.93. The number of furan rings is 1. The molecule has 4 heteroatoms. The van der Waals surface area contributed by atoms with Crippen molar-refractivity contribution in [3.8, 4) is 0 Å². The second-order valence-electron chi connectivity index (χ2n) is 5.28. The van der Waals surface area contributed by atoms with E-state index >= 15 is 0 Å². The highest BCUT2D eigenvalue weighted by atomic mass is 79.9. The fourth-order valence-corrected chi connectivity index (χ4v) is 2.63. The normalized spacial score (nSPS) is 12.3. The smallest absolute Gasteiger partial charge is 0.224 e. The number of rotatable bonds is 4. The molecule has 0 unspecified atom stereocenters. The van der Waals surface area contributed by atoms with E-state index < -0.39 is 0 Å². The summed E-state index contributed by atoms with van der Waals surface area (Å²) in [5, 5.41) is 4.02. The third-order valence-corrected chi connectivity index (χ3v) is 4.06. The number of benzene rings is 2. The highest BCUT2D eigenvalue weighted by Gasteiger charge is 2.14. The van der Waals surface area contributed by atoms with Gasteiger partial charge in [-0.1, -0.05) is 46.3 Å². The molecule has 3 nitrogen and oxygen atoms in total. The number of amides is 1. The Balaban J connectivity index is 1.66. The third-order valence-electron chi connectivity index (χ3n) is 3.53. The lowest BCUT2D eigenvalue weighted by Gasteiger charge is -2.11. The standard InChI is InChI=1S/C18H16BrNO2/c1-12(17-11-14-4-2-3-5-16(14)22-17)20-18(21)10-13-6-8-15(19)9-7-13/h2-9,11-12H,10H2,1H3,(H,20,21)/t12-/m1/s1. The van der Waals surface area contributed by atoms with Crippen molar-refractivity contribution < 1.29 is 9.21 Å². The van der Waals surface area contributed by atoms with Gasteiger partial charge >= 0.3 is 0 Å². The molecule has 0 spiro atoms. The Labute approximate surface area is 137 Å². The Morgan fingerprint density at radius 1 is 1.18 bits per heavy atom. The number of carbonyl (C=O) groups is 1. The van der Waals surface area contributed by atoms with Gasteiger partial charge in [-0.25, -0.2) is 0 Å². The molecule has 1 heterocycles. The van der Waals surface area contributed by atoms with Crippen molar-refractivity contribution in [1.29, 1.82) is 0 Å². The first-order valence-electron chi connectivity index (χ1n) is 7.14. The molecule has 0 aliphatic heterocycles. The van der Waals surface area contributed by atoms with E-state index in [0.717, 1.165) is 26.8 Å². The summed E-state index contributed by atoms with van der Waals surface area (Å²) in [5.74, 6) is 0.751. The molecule has 0 saturated carbocycles. The number of nitrogens with one attached hydrogen (secondary N) is 1. The molecular weight excluding hydrogens is 342 g/mol. The van der Waals surface area contributed by atoms with Gasteiger partial charge in [-0.05, 0) is 36.8 Å². The summed E-state index contributed by atoms with van der Waals surface area (Å²) in [4.78, 5) is 12.1. The number of carbonyl (C=O) groups excluding carboxylic acids is 1. The van der Waals surface area contributed by atoms with Crippen molar-refractivity contribution >= 4 is 32.8 Å². The molecule has 0 aliphatic carbocycles. The maximum Gasteiger partial charge on any atom is 0.224 e. The van der Waals surface area contributed by atoms with Crippen LogP contribution in [0.3, 0.4) is 0 Å². The predicted molar refractivity (Wildman–Crippen MR) is 90.6 cm³/mol. The first kappa shape index (κ1) is 14.9. The van der Waals surface area contributed by atoms with Gasteiger partial charge in [0.15, 0.2) is 0 Å². The second-order valence-corrected chi connectivity index (χ2v) is 6.19. The molecular formula is C18H16BrNO2. The lowest BCUT2D eigenvalue weighted by atomic mass is 10.1. The SMILES string of the molecule is C[C@@H](NC(=O)Cc1ccc(Br)cc1)c1cc2ccccc2o1. The van der Waals surface area contributed by atoms with E-state index in [1.54, 1.807) is 0 Å². The quantitative estimate of drug-likeness (QED) is 0.740. The minimum Gasteiger partial charge on any atom is -0.459 e. The Morgan fingerprint density at radius 3 is 2.64 bits per heavy atom. The fourth-order valence-electron chi connectivity index (χ4n) is 2.37. The maximum absolute atomic E-state index is 12.1. The topological polar surface area (TPSA) is 42.2 Å². The van der Waals surface area contributed by atoms with E-state index in [0.29, 0.717) is 6.42 Å². The summed E-state index contributed by atoms with van der Waals surface area (Å²) < 4.78 is 6.78. The maximum atomic E-state index is 12.1. The van der Waals surface area contributed by atoms with Gasteiger partial charge in [-0.2, -0.15) is 0 Å². The van der Waals surface area contributed by atoms with E-state index in [-0.39, 0.29) is 11.9 Å². The lowest BCUT2D eigenvalue weighted by molar-refractivity contribution is -0.121.